The Balaban J connectivity index is 2.27. The number of halogens is 3. The summed E-state index contributed by atoms with van der Waals surface area (Å²) in [6.45, 7) is 7.24. The van der Waals surface area contributed by atoms with Crippen molar-refractivity contribution in [3.63, 3.8) is 0 Å². The molecule has 0 radical (unpaired) electrons. The molecule has 0 fully saturated rings. The first kappa shape index (κ1) is 24.6. The van der Waals surface area contributed by atoms with E-state index < -0.39 is 34.0 Å². The highest BCUT2D eigenvalue weighted by Crippen LogP contribution is 2.34. The zero-order valence-electron chi connectivity index (χ0n) is 16.7. The number of non-ortho nitro benzene ring substituents is 1. The maximum atomic E-state index is 13.1. The van der Waals surface area contributed by atoms with Crippen LogP contribution in [0, 0.1) is 10.1 Å². The van der Waals surface area contributed by atoms with E-state index in [9.17, 15) is 28.1 Å². The van der Waals surface area contributed by atoms with Crippen molar-refractivity contribution in [2.75, 3.05) is 26.2 Å². The minimum absolute atomic E-state index is 0.0512. The van der Waals surface area contributed by atoms with Crippen molar-refractivity contribution in [1.29, 1.82) is 0 Å². The van der Waals surface area contributed by atoms with E-state index in [1.165, 1.54) is 0 Å². The fourth-order valence-corrected chi connectivity index (χ4v) is 2.34. The zero-order valence-corrected chi connectivity index (χ0v) is 16.7. The number of carbonyl (C=O) groups excluding carboxylic acids is 1. The number of rotatable bonds is 10. The lowest BCUT2D eigenvalue weighted by Gasteiger charge is -2.19. The summed E-state index contributed by atoms with van der Waals surface area (Å²) in [4.78, 5) is 21.3. The maximum absolute atomic E-state index is 13.1. The first-order valence-corrected chi connectivity index (χ1v) is 9.13. The van der Waals surface area contributed by atoms with Crippen molar-refractivity contribution in [3.8, 4) is 0 Å². The van der Waals surface area contributed by atoms with Crippen molar-refractivity contribution in [2.24, 2.45) is 0 Å². The highest BCUT2D eigenvalue weighted by Gasteiger charge is 2.34. The molecule has 8 nitrogen and oxygen atoms in total. The summed E-state index contributed by atoms with van der Waals surface area (Å²) in [6.07, 6.45) is -4.48. The summed E-state index contributed by atoms with van der Waals surface area (Å²) in [6, 6.07) is 2.72. The first-order chi connectivity index (χ1) is 13.4. The van der Waals surface area contributed by atoms with Gasteiger partial charge >= 0.3 is 12.3 Å². The van der Waals surface area contributed by atoms with Gasteiger partial charge < -0.3 is 20.7 Å². The van der Waals surface area contributed by atoms with Gasteiger partial charge in [0.15, 0.2) is 0 Å². The molecule has 1 aromatic carbocycles. The Morgan fingerprint density at radius 2 is 1.76 bits per heavy atom. The average Bonchev–Trinajstić information content (AvgIpc) is 2.57. The van der Waals surface area contributed by atoms with Gasteiger partial charge in [0.1, 0.15) is 5.60 Å². The highest BCUT2D eigenvalue weighted by molar-refractivity contribution is 5.67. The Kier molecular flexibility index (Phi) is 9.31. The lowest BCUT2D eigenvalue weighted by atomic mass is 10.1. The molecule has 3 N–H and O–H groups in total. The number of benzene rings is 1. The molecule has 0 saturated carbocycles. The van der Waals surface area contributed by atoms with E-state index in [1.807, 2.05) is 0 Å². The van der Waals surface area contributed by atoms with Gasteiger partial charge in [-0.15, -0.1) is 0 Å². The van der Waals surface area contributed by atoms with Gasteiger partial charge in [-0.25, -0.2) is 4.79 Å². The van der Waals surface area contributed by atoms with E-state index in [0.717, 1.165) is 12.1 Å². The van der Waals surface area contributed by atoms with E-state index in [4.69, 9.17) is 4.74 Å². The Morgan fingerprint density at radius 1 is 1.10 bits per heavy atom. The monoisotopic (exact) mass is 420 g/mol. The number of alkyl carbamates (subject to hydrolysis) is 1. The van der Waals surface area contributed by atoms with Crippen LogP contribution in [0.2, 0.25) is 0 Å². The molecule has 0 aliphatic rings. The van der Waals surface area contributed by atoms with E-state index in [2.05, 4.69) is 16.0 Å². The molecule has 0 aromatic heterocycles. The fourth-order valence-electron chi connectivity index (χ4n) is 2.34. The molecular weight excluding hydrogens is 393 g/mol. The van der Waals surface area contributed by atoms with Crippen LogP contribution in [0.5, 0.6) is 0 Å². The standard InChI is InChI=1S/C18H27F3N4O4/c1-17(2,3)29-16(26)24-8-4-7-22-9-10-23-12-13-5-6-14(25(27)28)11-15(13)18(19,20)21/h5-6,11,22-23H,4,7-10,12H2,1-3H3,(H,24,26). The number of carbonyl (C=O) groups is 1. The highest BCUT2D eigenvalue weighted by atomic mass is 19.4. The van der Waals surface area contributed by atoms with Gasteiger partial charge in [0.05, 0.1) is 10.5 Å². The quantitative estimate of drug-likeness (QED) is 0.305. The van der Waals surface area contributed by atoms with Crippen LogP contribution in [-0.2, 0) is 17.5 Å². The minimum Gasteiger partial charge on any atom is -0.444 e. The van der Waals surface area contributed by atoms with E-state index in [-0.39, 0.29) is 12.1 Å². The van der Waals surface area contributed by atoms with Crippen LogP contribution >= 0.6 is 0 Å². The normalized spacial score (nSPS) is 11.9. The second-order valence-corrected chi connectivity index (χ2v) is 7.31. The van der Waals surface area contributed by atoms with Crippen molar-refractivity contribution in [1.82, 2.24) is 16.0 Å². The lowest BCUT2D eigenvalue weighted by Crippen LogP contribution is -2.34. The molecule has 0 bridgehead atoms. The molecule has 0 aliphatic heterocycles. The number of hydrogen-bond acceptors (Lipinski definition) is 6. The first-order valence-electron chi connectivity index (χ1n) is 9.13. The van der Waals surface area contributed by atoms with E-state index in [0.29, 0.717) is 38.7 Å². The number of ether oxygens (including phenoxy) is 1. The van der Waals surface area contributed by atoms with Gasteiger partial charge in [0, 0.05) is 38.3 Å². The molecule has 0 aliphatic carbocycles. The molecule has 0 spiro atoms. The molecule has 1 aromatic rings. The van der Waals surface area contributed by atoms with Gasteiger partial charge in [-0.2, -0.15) is 13.2 Å². The van der Waals surface area contributed by atoms with E-state index in [1.54, 1.807) is 20.8 Å². The molecule has 29 heavy (non-hydrogen) atoms. The number of alkyl halides is 3. The maximum Gasteiger partial charge on any atom is 0.416 e. The molecular formula is C18H27F3N4O4. The van der Waals surface area contributed by atoms with Gasteiger partial charge in [0.2, 0.25) is 0 Å². The second kappa shape index (κ2) is 11.0. The van der Waals surface area contributed by atoms with Crippen LogP contribution in [0.25, 0.3) is 0 Å². The smallest absolute Gasteiger partial charge is 0.416 e. The van der Waals surface area contributed by atoms with Gasteiger partial charge in [-0.3, -0.25) is 10.1 Å². The van der Waals surface area contributed by atoms with Gasteiger partial charge in [-0.05, 0) is 39.3 Å². The second-order valence-electron chi connectivity index (χ2n) is 7.31. The molecule has 0 heterocycles. The molecule has 11 heteroatoms. The predicted molar refractivity (Wildman–Crippen MR) is 102 cm³/mol. The van der Waals surface area contributed by atoms with E-state index >= 15 is 0 Å². The van der Waals surface area contributed by atoms with Gasteiger partial charge in [-0.1, -0.05) is 6.07 Å². The van der Waals surface area contributed by atoms with Crippen molar-refractivity contribution in [2.45, 2.75) is 45.5 Å². The minimum atomic E-state index is -4.66. The Bertz CT molecular complexity index is 691. The SMILES string of the molecule is CC(C)(C)OC(=O)NCCCNCCNCc1ccc([N+](=O)[O-])cc1C(F)(F)F. The van der Waals surface area contributed by atoms with Crippen LogP contribution in [0.1, 0.15) is 38.3 Å². The Hall–Kier alpha value is -2.40. The summed E-state index contributed by atoms with van der Waals surface area (Å²) in [5.41, 5.74) is -2.21. The van der Waals surface area contributed by atoms with Gasteiger partial charge in [0.25, 0.3) is 5.69 Å². The fraction of sp³-hybridized carbons (Fsp3) is 0.611. The summed E-state index contributed by atoms with van der Waals surface area (Å²) in [7, 11) is 0. The number of hydrogen-bond donors (Lipinski definition) is 3. The summed E-state index contributed by atoms with van der Waals surface area (Å²) in [5, 5.41) is 19.3. The summed E-state index contributed by atoms with van der Waals surface area (Å²) >= 11 is 0. The van der Waals surface area contributed by atoms with Crippen LogP contribution in [0.4, 0.5) is 23.7 Å². The Morgan fingerprint density at radius 3 is 2.34 bits per heavy atom. The predicted octanol–water partition coefficient (Wildman–Crippen LogP) is 3.21. The van der Waals surface area contributed by atoms with Crippen molar-refractivity contribution in [3.05, 3.63) is 39.4 Å². The molecule has 1 rings (SSSR count). The topological polar surface area (TPSA) is 106 Å². The van der Waals surface area contributed by atoms with Crippen LogP contribution in [-0.4, -0.2) is 42.8 Å². The van der Waals surface area contributed by atoms with Crippen LogP contribution in [0.3, 0.4) is 0 Å². The molecule has 164 valence electrons. The van der Waals surface area contributed by atoms with Crippen LogP contribution in [0.15, 0.2) is 18.2 Å². The number of nitrogens with zero attached hydrogens (tertiary/aromatic N) is 1. The molecule has 0 unspecified atom stereocenters. The number of amides is 1. The number of nitro groups is 1. The van der Waals surface area contributed by atoms with Crippen LogP contribution < -0.4 is 16.0 Å². The van der Waals surface area contributed by atoms with Crippen molar-refractivity contribution >= 4 is 11.8 Å². The Labute approximate surface area is 167 Å². The van der Waals surface area contributed by atoms with Crippen molar-refractivity contribution < 1.29 is 27.6 Å². The number of nitro benzene ring substituents is 1. The largest absolute Gasteiger partial charge is 0.444 e. The zero-order chi connectivity index (χ0) is 22.1. The average molecular weight is 420 g/mol. The number of nitrogens with one attached hydrogen (secondary N) is 3. The summed E-state index contributed by atoms with van der Waals surface area (Å²) < 4.78 is 44.4. The summed E-state index contributed by atoms with van der Waals surface area (Å²) in [5.74, 6) is 0. The third-order valence-corrected chi connectivity index (χ3v) is 3.60. The third kappa shape index (κ3) is 10.1. The lowest BCUT2D eigenvalue weighted by molar-refractivity contribution is -0.385. The molecule has 1 amide bonds. The molecule has 0 atom stereocenters. The third-order valence-electron chi connectivity index (χ3n) is 3.60. The molecule has 0 saturated heterocycles.